The number of anilines is 1. The summed E-state index contributed by atoms with van der Waals surface area (Å²) < 4.78 is 1.17. The van der Waals surface area contributed by atoms with E-state index >= 15 is 0 Å². The number of hydrogen-bond donors (Lipinski definition) is 1. The second-order valence-electron chi connectivity index (χ2n) is 4.29. The van der Waals surface area contributed by atoms with Gasteiger partial charge in [0.2, 0.25) is 0 Å². The van der Waals surface area contributed by atoms with Crippen LogP contribution >= 0.6 is 15.9 Å². The fourth-order valence-corrected chi connectivity index (χ4v) is 2.48. The first kappa shape index (κ1) is 12.4. The maximum atomic E-state index is 4.70. The molecule has 0 spiro atoms. The minimum absolute atomic E-state index is 0.957. The van der Waals surface area contributed by atoms with Crippen LogP contribution in [0.4, 0.5) is 5.69 Å². The van der Waals surface area contributed by atoms with Crippen LogP contribution in [0.2, 0.25) is 0 Å². The lowest BCUT2D eigenvalue weighted by Gasteiger charge is -2.13. The van der Waals surface area contributed by atoms with Crippen molar-refractivity contribution in [1.82, 2.24) is 4.98 Å². The lowest BCUT2D eigenvalue weighted by molar-refractivity contribution is 1.05. The van der Waals surface area contributed by atoms with Crippen LogP contribution in [0.3, 0.4) is 0 Å². The van der Waals surface area contributed by atoms with Crippen LogP contribution in [0.25, 0.3) is 10.9 Å². The van der Waals surface area contributed by atoms with Gasteiger partial charge in [0.05, 0.1) is 5.52 Å². The van der Waals surface area contributed by atoms with E-state index in [2.05, 4.69) is 54.2 Å². The highest BCUT2D eigenvalue weighted by atomic mass is 79.9. The summed E-state index contributed by atoms with van der Waals surface area (Å²) in [4.78, 5) is 4.70. The van der Waals surface area contributed by atoms with Gasteiger partial charge in [-0.05, 0) is 43.5 Å². The highest BCUT2D eigenvalue weighted by Crippen LogP contribution is 2.33. The van der Waals surface area contributed by atoms with E-state index in [9.17, 15) is 0 Å². The van der Waals surface area contributed by atoms with Gasteiger partial charge in [-0.15, -0.1) is 0 Å². The van der Waals surface area contributed by atoms with Crippen molar-refractivity contribution >= 4 is 32.5 Å². The number of aryl methyl sites for hydroxylation is 3. The van der Waals surface area contributed by atoms with Crippen LogP contribution in [-0.2, 0) is 6.42 Å². The normalized spacial score (nSPS) is 10.9. The Hall–Kier alpha value is -1.09. The molecule has 0 atom stereocenters. The summed E-state index contributed by atoms with van der Waals surface area (Å²) in [5, 5.41) is 4.48. The monoisotopic (exact) mass is 292 g/mol. The van der Waals surface area contributed by atoms with Crippen molar-refractivity contribution in [3.63, 3.8) is 0 Å². The van der Waals surface area contributed by atoms with E-state index in [0.717, 1.165) is 23.3 Å². The third kappa shape index (κ3) is 2.04. The fraction of sp³-hybridized carbons (Fsp3) is 0.357. The van der Waals surface area contributed by atoms with E-state index < -0.39 is 0 Å². The van der Waals surface area contributed by atoms with Gasteiger partial charge in [0, 0.05) is 28.3 Å². The summed E-state index contributed by atoms with van der Waals surface area (Å²) in [5.41, 5.74) is 5.84. The van der Waals surface area contributed by atoms with E-state index in [0.29, 0.717) is 0 Å². The molecule has 0 radical (unpaired) electrons. The number of benzene rings is 1. The Morgan fingerprint density at radius 2 is 2.00 bits per heavy atom. The minimum atomic E-state index is 0.957. The van der Waals surface area contributed by atoms with Gasteiger partial charge in [0.15, 0.2) is 0 Å². The van der Waals surface area contributed by atoms with Crippen LogP contribution < -0.4 is 5.32 Å². The van der Waals surface area contributed by atoms with Gasteiger partial charge in [-0.25, -0.2) is 0 Å². The summed E-state index contributed by atoms with van der Waals surface area (Å²) in [7, 11) is 1.96. The SMILES string of the molecule is CCc1cc(NC)c2c(C)c(Br)c(C)cc2n1. The van der Waals surface area contributed by atoms with Gasteiger partial charge in [0.25, 0.3) is 0 Å². The molecule has 2 nitrogen and oxygen atoms in total. The number of nitrogens with zero attached hydrogens (tertiary/aromatic N) is 1. The Labute approximate surface area is 111 Å². The molecule has 0 aliphatic rings. The first-order chi connectivity index (χ1) is 8.08. The molecule has 1 aromatic heterocycles. The largest absolute Gasteiger partial charge is 0.388 e. The number of rotatable bonds is 2. The van der Waals surface area contributed by atoms with Crippen molar-refractivity contribution < 1.29 is 0 Å². The highest BCUT2D eigenvalue weighted by Gasteiger charge is 2.11. The number of pyridine rings is 1. The number of nitrogens with one attached hydrogen (secondary N) is 1. The molecule has 0 aliphatic carbocycles. The fourth-order valence-electron chi connectivity index (χ4n) is 2.17. The molecular formula is C14H17BrN2. The first-order valence-electron chi connectivity index (χ1n) is 5.85. The van der Waals surface area contributed by atoms with Crippen LogP contribution in [0.15, 0.2) is 16.6 Å². The zero-order valence-electron chi connectivity index (χ0n) is 10.7. The average Bonchev–Trinajstić information content (AvgIpc) is 2.34. The van der Waals surface area contributed by atoms with Crippen molar-refractivity contribution in [2.75, 3.05) is 12.4 Å². The predicted molar refractivity (Wildman–Crippen MR) is 77.8 cm³/mol. The molecule has 1 aromatic carbocycles. The van der Waals surface area contributed by atoms with E-state index in [-0.39, 0.29) is 0 Å². The van der Waals surface area contributed by atoms with Gasteiger partial charge in [-0.2, -0.15) is 0 Å². The van der Waals surface area contributed by atoms with Crippen molar-refractivity contribution in [1.29, 1.82) is 0 Å². The molecule has 0 saturated heterocycles. The topological polar surface area (TPSA) is 24.9 Å². The van der Waals surface area contributed by atoms with Crippen LogP contribution in [0.5, 0.6) is 0 Å². The molecule has 0 fully saturated rings. The van der Waals surface area contributed by atoms with Gasteiger partial charge < -0.3 is 5.32 Å². The maximum Gasteiger partial charge on any atom is 0.0732 e. The summed E-state index contributed by atoms with van der Waals surface area (Å²) in [6.07, 6.45) is 0.957. The summed E-state index contributed by atoms with van der Waals surface area (Å²) in [6.45, 7) is 6.37. The zero-order chi connectivity index (χ0) is 12.6. The average molecular weight is 293 g/mol. The van der Waals surface area contributed by atoms with E-state index in [1.165, 1.54) is 21.0 Å². The number of halogens is 1. The molecule has 1 heterocycles. The van der Waals surface area contributed by atoms with Crippen LogP contribution in [0, 0.1) is 13.8 Å². The first-order valence-corrected chi connectivity index (χ1v) is 6.64. The zero-order valence-corrected chi connectivity index (χ0v) is 12.3. The van der Waals surface area contributed by atoms with Crippen LogP contribution in [0.1, 0.15) is 23.7 Å². The molecular weight excluding hydrogens is 276 g/mol. The third-order valence-electron chi connectivity index (χ3n) is 3.14. The Morgan fingerprint density at radius 3 is 2.59 bits per heavy atom. The number of aromatic nitrogens is 1. The van der Waals surface area contributed by atoms with Gasteiger partial charge >= 0.3 is 0 Å². The number of fused-ring (bicyclic) bond motifs is 1. The maximum absolute atomic E-state index is 4.70. The highest BCUT2D eigenvalue weighted by molar-refractivity contribution is 9.10. The molecule has 90 valence electrons. The van der Waals surface area contributed by atoms with Crippen molar-refractivity contribution in [3.8, 4) is 0 Å². The molecule has 0 bridgehead atoms. The van der Waals surface area contributed by atoms with Crippen molar-refractivity contribution in [2.24, 2.45) is 0 Å². The third-order valence-corrected chi connectivity index (χ3v) is 4.36. The molecule has 3 heteroatoms. The molecule has 0 unspecified atom stereocenters. The Kier molecular flexibility index (Phi) is 3.38. The minimum Gasteiger partial charge on any atom is -0.388 e. The molecule has 0 aliphatic heterocycles. The van der Waals surface area contributed by atoms with E-state index in [4.69, 9.17) is 4.98 Å². The Bertz CT molecular complexity index is 576. The molecule has 2 rings (SSSR count). The lowest BCUT2D eigenvalue weighted by Crippen LogP contribution is -1.98. The second kappa shape index (κ2) is 4.65. The summed E-state index contributed by atoms with van der Waals surface area (Å²) >= 11 is 3.64. The molecule has 0 amide bonds. The predicted octanol–water partition coefficient (Wildman–Crippen LogP) is 4.22. The van der Waals surface area contributed by atoms with Crippen molar-refractivity contribution in [2.45, 2.75) is 27.2 Å². The molecule has 1 N–H and O–H groups in total. The van der Waals surface area contributed by atoms with E-state index in [1.54, 1.807) is 0 Å². The van der Waals surface area contributed by atoms with Crippen molar-refractivity contribution in [3.05, 3.63) is 33.4 Å². The molecule has 0 saturated carbocycles. The van der Waals surface area contributed by atoms with Gasteiger partial charge in [0.1, 0.15) is 0 Å². The quantitative estimate of drug-likeness (QED) is 0.896. The smallest absolute Gasteiger partial charge is 0.0732 e. The van der Waals surface area contributed by atoms with Gasteiger partial charge in [-0.1, -0.05) is 22.9 Å². The van der Waals surface area contributed by atoms with Gasteiger partial charge in [-0.3, -0.25) is 4.98 Å². The Balaban J connectivity index is 2.89. The molecule has 2 aromatic rings. The molecule has 17 heavy (non-hydrogen) atoms. The summed E-state index contributed by atoms with van der Waals surface area (Å²) in [6, 6.07) is 4.28. The van der Waals surface area contributed by atoms with Crippen LogP contribution in [-0.4, -0.2) is 12.0 Å². The summed E-state index contributed by atoms with van der Waals surface area (Å²) in [5.74, 6) is 0. The standard InChI is InChI=1S/C14H17BrN2/c1-5-10-7-11(16-4)13-9(3)14(15)8(2)6-12(13)17-10/h6-7H,5H2,1-4H3,(H,16,17). The second-order valence-corrected chi connectivity index (χ2v) is 5.08. The Morgan fingerprint density at radius 1 is 1.29 bits per heavy atom. The lowest BCUT2D eigenvalue weighted by atomic mass is 10.0. The van der Waals surface area contributed by atoms with E-state index in [1.807, 2.05) is 7.05 Å². The number of hydrogen-bond acceptors (Lipinski definition) is 2.